The summed E-state index contributed by atoms with van der Waals surface area (Å²) in [5.74, 6) is 0.511. The summed E-state index contributed by atoms with van der Waals surface area (Å²) in [6.07, 6.45) is 4.92. The number of likely N-dealkylation sites (tertiary alicyclic amines) is 1. The number of rotatable bonds is 3. The predicted molar refractivity (Wildman–Crippen MR) is 96.5 cm³/mol. The molecular weight excluding hydrogens is 330 g/mol. The van der Waals surface area contributed by atoms with Gasteiger partial charge in [0.2, 0.25) is 0 Å². The first-order valence-corrected chi connectivity index (χ1v) is 9.54. The van der Waals surface area contributed by atoms with Gasteiger partial charge in [0, 0.05) is 24.6 Å². The summed E-state index contributed by atoms with van der Waals surface area (Å²) < 4.78 is 6.20. The summed E-state index contributed by atoms with van der Waals surface area (Å²) in [4.78, 5) is 15.4. The third-order valence-electron chi connectivity index (χ3n) is 7.57. The number of phenolic OH excluding ortho intramolecular Hbond substituents is 1. The Morgan fingerprint density at radius 1 is 1.42 bits per heavy atom. The average molecular weight is 355 g/mol. The van der Waals surface area contributed by atoms with Crippen LogP contribution in [0.3, 0.4) is 0 Å². The van der Waals surface area contributed by atoms with Gasteiger partial charge in [-0.15, -0.1) is 6.58 Å². The lowest BCUT2D eigenvalue weighted by Gasteiger charge is -2.65. The quantitative estimate of drug-likeness (QED) is 0.813. The molecule has 0 radical (unpaired) electrons. The number of hydrogen-bond donors (Lipinski definition) is 2. The first kappa shape index (κ1) is 16.3. The minimum absolute atomic E-state index is 0.0314. The van der Waals surface area contributed by atoms with E-state index >= 15 is 0 Å². The molecule has 1 saturated heterocycles. The highest BCUT2D eigenvalue weighted by Gasteiger charge is 2.77. The fourth-order valence-electron chi connectivity index (χ4n) is 6.40. The van der Waals surface area contributed by atoms with Gasteiger partial charge < -0.3 is 14.9 Å². The van der Waals surface area contributed by atoms with Crippen molar-refractivity contribution in [1.82, 2.24) is 4.90 Å². The van der Waals surface area contributed by atoms with Crippen LogP contribution in [0.5, 0.6) is 11.5 Å². The first-order valence-electron chi connectivity index (χ1n) is 9.54. The van der Waals surface area contributed by atoms with E-state index in [0.717, 1.165) is 30.6 Å². The van der Waals surface area contributed by atoms with Crippen molar-refractivity contribution in [2.24, 2.45) is 0 Å². The van der Waals surface area contributed by atoms with Crippen molar-refractivity contribution in [3.8, 4) is 11.5 Å². The van der Waals surface area contributed by atoms with Gasteiger partial charge in [0.1, 0.15) is 0 Å². The van der Waals surface area contributed by atoms with Crippen LogP contribution in [0, 0.1) is 0 Å². The normalized spacial score (nSPS) is 40.1. The number of nitrogens with zero attached hydrogens (tertiary/aromatic N) is 1. The average Bonchev–Trinajstić information content (AvgIpc) is 2.89. The maximum absolute atomic E-state index is 13.0. The third kappa shape index (κ3) is 1.54. The molecule has 4 atom stereocenters. The van der Waals surface area contributed by atoms with Gasteiger partial charge in [0.25, 0.3) is 0 Å². The fraction of sp³-hybridized carbons (Fsp3) is 0.571. The fourth-order valence-corrected chi connectivity index (χ4v) is 6.40. The van der Waals surface area contributed by atoms with Gasteiger partial charge in [-0.25, -0.2) is 0 Å². The van der Waals surface area contributed by atoms with Crippen LogP contribution in [0.4, 0.5) is 0 Å². The zero-order valence-electron chi connectivity index (χ0n) is 15.1. The van der Waals surface area contributed by atoms with Crippen LogP contribution in [0.15, 0.2) is 24.8 Å². The van der Waals surface area contributed by atoms with E-state index in [2.05, 4.69) is 11.5 Å². The molecule has 2 aliphatic carbocycles. The van der Waals surface area contributed by atoms with Crippen molar-refractivity contribution < 1.29 is 19.7 Å². The molecular formula is C21H25NO4. The molecule has 1 unspecified atom stereocenters. The monoisotopic (exact) mass is 355 g/mol. The second-order valence-corrected chi connectivity index (χ2v) is 8.42. The smallest absolute Gasteiger partial charge is 0.177 e. The number of ketones is 1. The number of carbonyl (C=O) groups excluding carboxylic acids is 1. The van der Waals surface area contributed by atoms with Crippen molar-refractivity contribution in [2.75, 3.05) is 13.1 Å². The molecule has 5 heteroatoms. The molecule has 5 rings (SSSR count). The second kappa shape index (κ2) is 4.90. The van der Waals surface area contributed by atoms with Crippen molar-refractivity contribution in [3.05, 3.63) is 35.9 Å². The number of aliphatic hydroxyl groups is 1. The number of aromatic hydroxyl groups is 1. The zero-order valence-corrected chi connectivity index (χ0v) is 15.1. The molecule has 1 saturated carbocycles. The van der Waals surface area contributed by atoms with Crippen LogP contribution in [0.1, 0.15) is 43.7 Å². The predicted octanol–water partition coefficient (Wildman–Crippen LogP) is 2.08. The Morgan fingerprint density at radius 3 is 3.00 bits per heavy atom. The van der Waals surface area contributed by atoms with Gasteiger partial charge in [0.15, 0.2) is 22.9 Å². The molecule has 0 aromatic heterocycles. The van der Waals surface area contributed by atoms with Crippen LogP contribution < -0.4 is 4.74 Å². The van der Waals surface area contributed by atoms with Gasteiger partial charge >= 0.3 is 0 Å². The van der Waals surface area contributed by atoms with Crippen molar-refractivity contribution in [1.29, 1.82) is 0 Å². The molecule has 2 aliphatic heterocycles. The van der Waals surface area contributed by atoms with Gasteiger partial charge in [0.05, 0.1) is 11.0 Å². The van der Waals surface area contributed by atoms with Gasteiger partial charge in [-0.2, -0.15) is 0 Å². The number of carbonyl (C=O) groups is 1. The van der Waals surface area contributed by atoms with Gasteiger partial charge in [-0.05, 0) is 50.8 Å². The number of benzene rings is 1. The molecule has 1 aromatic rings. The van der Waals surface area contributed by atoms with E-state index in [9.17, 15) is 15.0 Å². The Balaban J connectivity index is 1.77. The first-order chi connectivity index (χ1) is 12.4. The molecule has 26 heavy (non-hydrogen) atoms. The SMILES string of the molecule is C=CCCN1CC[C@]23c4c5ccc(O)c4O[C@@]2(C)C(=O)CC[C@@]3(O)C1C5. The minimum atomic E-state index is -1.11. The second-order valence-electron chi connectivity index (χ2n) is 8.42. The number of phenols is 1. The molecule has 2 fully saturated rings. The van der Waals surface area contributed by atoms with Crippen LogP contribution in [-0.4, -0.2) is 51.2 Å². The summed E-state index contributed by atoms with van der Waals surface area (Å²) >= 11 is 0. The standard InChI is InChI=1S/C21H25NO4/c1-3-4-10-22-11-9-20-17-13-5-6-14(23)18(17)26-19(20,2)16(24)7-8-21(20,25)15(22)12-13/h3,5-6,15,23,25H,1,4,7-12H2,2H3/t15?,19-,20-,21+/m0/s1. The van der Waals surface area contributed by atoms with Gasteiger partial charge in [-0.3, -0.25) is 9.69 Å². The van der Waals surface area contributed by atoms with Crippen LogP contribution >= 0.6 is 0 Å². The maximum Gasteiger partial charge on any atom is 0.177 e. The molecule has 4 aliphatic rings. The van der Waals surface area contributed by atoms with Crippen molar-refractivity contribution in [3.63, 3.8) is 0 Å². The van der Waals surface area contributed by atoms with Gasteiger partial charge in [-0.1, -0.05) is 12.1 Å². The Morgan fingerprint density at radius 2 is 2.23 bits per heavy atom. The number of ether oxygens (including phenoxy) is 1. The molecule has 2 bridgehead atoms. The number of hydrogen-bond acceptors (Lipinski definition) is 5. The molecule has 0 amide bonds. The molecule has 138 valence electrons. The highest BCUT2D eigenvalue weighted by atomic mass is 16.5. The highest BCUT2D eigenvalue weighted by Crippen LogP contribution is 2.68. The van der Waals surface area contributed by atoms with Crippen molar-refractivity contribution in [2.45, 2.75) is 61.7 Å². The summed E-state index contributed by atoms with van der Waals surface area (Å²) in [5, 5.41) is 22.5. The largest absolute Gasteiger partial charge is 0.504 e. The lowest BCUT2D eigenvalue weighted by atomic mass is 9.45. The topological polar surface area (TPSA) is 70.0 Å². The minimum Gasteiger partial charge on any atom is -0.504 e. The Bertz CT molecular complexity index is 836. The maximum atomic E-state index is 13.0. The lowest BCUT2D eigenvalue weighted by Crippen LogP contribution is -2.80. The number of Topliss-reactive ketones (excluding diaryl/α,β-unsaturated/α-hetero) is 1. The Hall–Kier alpha value is -1.85. The van der Waals surface area contributed by atoms with Crippen LogP contribution in [0.25, 0.3) is 0 Å². The van der Waals surface area contributed by atoms with E-state index in [4.69, 9.17) is 4.74 Å². The molecule has 1 spiro atoms. The summed E-state index contributed by atoms with van der Waals surface area (Å²) in [5.41, 5.74) is -0.934. The van der Waals surface area contributed by atoms with E-state index in [1.807, 2.05) is 19.1 Å². The summed E-state index contributed by atoms with van der Waals surface area (Å²) in [6.45, 7) is 7.32. The molecule has 2 N–H and O–H groups in total. The van der Waals surface area contributed by atoms with E-state index in [0.29, 0.717) is 31.4 Å². The summed E-state index contributed by atoms with van der Waals surface area (Å²) in [6, 6.07) is 3.55. The van der Waals surface area contributed by atoms with Crippen LogP contribution in [0.2, 0.25) is 0 Å². The molecule has 5 nitrogen and oxygen atoms in total. The van der Waals surface area contributed by atoms with Crippen molar-refractivity contribution >= 4 is 5.78 Å². The Kier molecular flexibility index (Phi) is 3.08. The number of piperidine rings is 1. The zero-order chi connectivity index (χ0) is 18.3. The van der Waals surface area contributed by atoms with E-state index in [1.54, 1.807) is 6.07 Å². The molecule has 1 aromatic carbocycles. The van der Waals surface area contributed by atoms with E-state index in [1.165, 1.54) is 0 Å². The Labute approximate surface area is 153 Å². The summed E-state index contributed by atoms with van der Waals surface area (Å²) in [7, 11) is 0. The van der Waals surface area contributed by atoms with Crippen LogP contribution in [-0.2, 0) is 16.6 Å². The third-order valence-corrected chi connectivity index (χ3v) is 7.57. The highest BCUT2D eigenvalue weighted by molar-refractivity contribution is 5.94. The lowest BCUT2D eigenvalue weighted by molar-refractivity contribution is -0.208. The van der Waals surface area contributed by atoms with E-state index in [-0.39, 0.29) is 17.6 Å². The molecule has 2 heterocycles. The van der Waals surface area contributed by atoms with E-state index < -0.39 is 16.6 Å².